The summed E-state index contributed by atoms with van der Waals surface area (Å²) in [4.78, 5) is 25.0. The molecule has 0 N–H and O–H groups in total. The number of amidine groups is 1. The molecule has 1 amide bonds. The Labute approximate surface area is 200 Å². The molecule has 1 saturated carbocycles. The quantitative estimate of drug-likeness (QED) is 0.408. The van der Waals surface area contributed by atoms with E-state index in [2.05, 4.69) is 52.0 Å². The fourth-order valence-corrected chi connectivity index (χ4v) is 7.11. The van der Waals surface area contributed by atoms with Gasteiger partial charge in [-0.3, -0.25) is 9.69 Å². The van der Waals surface area contributed by atoms with Crippen molar-refractivity contribution >= 4 is 61.9 Å². The van der Waals surface area contributed by atoms with E-state index >= 15 is 0 Å². The van der Waals surface area contributed by atoms with E-state index in [0.29, 0.717) is 0 Å². The lowest BCUT2D eigenvalue weighted by Crippen LogP contribution is -2.40. The largest absolute Gasteiger partial charge is 0.334 e. The molecule has 0 aromatic heterocycles. The molecular weight excluding hydrogens is 490 g/mol. The van der Waals surface area contributed by atoms with Crippen LogP contribution >= 0.6 is 39.5 Å². The maximum absolute atomic E-state index is 13.8. The number of halogens is 1. The lowest BCUT2D eigenvalue weighted by atomic mass is 9.94. The van der Waals surface area contributed by atoms with Crippen LogP contribution in [0.15, 0.2) is 72.8 Å². The van der Waals surface area contributed by atoms with Gasteiger partial charge in [0.2, 0.25) is 0 Å². The van der Waals surface area contributed by atoms with Gasteiger partial charge in [0.25, 0.3) is 5.91 Å². The molecule has 160 valence electrons. The Morgan fingerprint density at radius 3 is 2.52 bits per heavy atom. The normalized spacial score (nSPS) is 23.2. The number of hydrogen-bond acceptors (Lipinski definition) is 5. The summed E-state index contributed by atoms with van der Waals surface area (Å²) in [5.41, 5.74) is 2.06. The van der Waals surface area contributed by atoms with Gasteiger partial charge in [-0.25, -0.2) is 4.99 Å². The predicted molar refractivity (Wildman–Crippen MR) is 135 cm³/mol. The summed E-state index contributed by atoms with van der Waals surface area (Å²) in [6, 6.07) is 16.6. The Morgan fingerprint density at radius 1 is 1.03 bits per heavy atom. The Kier molecular flexibility index (Phi) is 6.17. The van der Waals surface area contributed by atoms with E-state index in [4.69, 9.17) is 4.99 Å². The number of thioether (sulfide) groups is 2. The third-order valence-corrected chi connectivity index (χ3v) is 8.81. The summed E-state index contributed by atoms with van der Waals surface area (Å²) >= 11 is 6.73. The average Bonchev–Trinajstić information content (AvgIpc) is 3.32. The molecule has 2 fully saturated rings. The van der Waals surface area contributed by atoms with Gasteiger partial charge in [-0.05, 0) is 67.9 Å². The zero-order chi connectivity index (χ0) is 21.4. The molecule has 4 nitrogen and oxygen atoms in total. The first-order valence-electron chi connectivity index (χ1n) is 10.8. The molecule has 0 bridgehead atoms. The van der Waals surface area contributed by atoms with Crippen molar-refractivity contribution < 1.29 is 4.79 Å². The van der Waals surface area contributed by atoms with Crippen LogP contribution in [0, 0.1) is 0 Å². The lowest BCUT2D eigenvalue weighted by Gasteiger charge is -2.30. The summed E-state index contributed by atoms with van der Waals surface area (Å²) in [6.45, 7) is 2.97. The first-order chi connectivity index (χ1) is 15.2. The Bertz CT molecular complexity index is 1060. The molecule has 0 unspecified atom stereocenters. The maximum Gasteiger partial charge on any atom is 0.269 e. The summed E-state index contributed by atoms with van der Waals surface area (Å²) in [7, 11) is 0. The van der Waals surface area contributed by atoms with Crippen LogP contribution in [0.4, 0.5) is 11.4 Å². The minimum absolute atomic E-state index is 0.113. The van der Waals surface area contributed by atoms with Gasteiger partial charge in [0.05, 0.1) is 11.4 Å². The molecule has 0 spiro atoms. The second-order valence-electron chi connectivity index (χ2n) is 7.89. The van der Waals surface area contributed by atoms with Crippen LogP contribution in [-0.4, -0.2) is 28.6 Å². The van der Waals surface area contributed by atoms with Crippen molar-refractivity contribution in [3.8, 4) is 0 Å². The van der Waals surface area contributed by atoms with Crippen molar-refractivity contribution in [3.63, 3.8) is 0 Å². The number of hydrogen-bond donors (Lipinski definition) is 0. The molecule has 2 aromatic carbocycles. The smallest absolute Gasteiger partial charge is 0.269 e. The van der Waals surface area contributed by atoms with Crippen molar-refractivity contribution in [2.75, 3.05) is 11.4 Å². The molecule has 2 aliphatic heterocycles. The van der Waals surface area contributed by atoms with Gasteiger partial charge in [-0.1, -0.05) is 59.1 Å². The highest BCUT2D eigenvalue weighted by Crippen LogP contribution is 2.51. The molecule has 31 heavy (non-hydrogen) atoms. The Balaban J connectivity index is 1.56. The van der Waals surface area contributed by atoms with Gasteiger partial charge in [-0.2, -0.15) is 0 Å². The summed E-state index contributed by atoms with van der Waals surface area (Å²) in [5, 5.41) is 1.86. The monoisotopic (exact) mass is 513 g/mol. The summed E-state index contributed by atoms with van der Waals surface area (Å²) in [6.07, 6.45) is 5.72. The van der Waals surface area contributed by atoms with Crippen molar-refractivity contribution in [3.05, 3.63) is 62.9 Å². The molecule has 0 radical (unpaired) electrons. The van der Waals surface area contributed by atoms with Crippen LogP contribution in [-0.2, 0) is 4.79 Å². The highest BCUT2D eigenvalue weighted by Gasteiger charge is 2.42. The number of carbonyl (C=O) groups excluding carboxylic acids is 1. The first-order valence-corrected chi connectivity index (χ1v) is 13.2. The number of aliphatic imine (C=N–C) groups is 1. The van der Waals surface area contributed by atoms with Gasteiger partial charge >= 0.3 is 0 Å². The minimum atomic E-state index is 0.113. The van der Waals surface area contributed by atoms with Gasteiger partial charge in [0, 0.05) is 22.0 Å². The zero-order valence-corrected chi connectivity index (χ0v) is 20.6. The Morgan fingerprint density at radius 2 is 1.77 bits per heavy atom. The molecule has 0 atom stereocenters. The second-order valence-corrected chi connectivity index (χ2v) is 10.8. The van der Waals surface area contributed by atoms with Gasteiger partial charge in [-0.15, -0.1) is 0 Å². The van der Waals surface area contributed by atoms with Gasteiger partial charge in [0.15, 0.2) is 5.17 Å². The molecule has 2 aromatic rings. The lowest BCUT2D eigenvalue weighted by molar-refractivity contribution is -0.124. The Hall–Kier alpha value is -1.70. The van der Waals surface area contributed by atoms with Gasteiger partial charge < -0.3 is 4.90 Å². The van der Waals surface area contributed by atoms with E-state index in [1.807, 2.05) is 29.2 Å². The van der Waals surface area contributed by atoms with Crippen LogP contribution < -0.4 is 4.90 Å². The number of benzene rings is 2. The fraction of sp³-hybridized carbons (Fsp3) is 0.333. The van der Waals surface area contributed by atoms with Crippen molar-refractivity contribution in [2.45, 2.75) is 50.0 Å². The number of nitrogens with zero attached hydrogens (tertiary/aromatic N) is 3. The summed E-state index contributed by atoms with van der Waals surface area (Å²) < 4.78 is 1.03. The number of fused-ring (bicyclic) bond motifs is 1. The number of carbonyl (C=O) groups is 1. The average molecular weight is 515 g/mol. The van der Waals surface area contributed by atoms with E-state index < -0.39 is 0 Å². The highest BCUT2D eigenvalue weighted by atomic mass is 79.9. The molecule has 3 aliphatic rings. The second kappa shape index (κ2) is 9.04. The molecule has 5 rings (SSSR count). The minimum Gasteiger partial charge on any atom is -0.334 e. The molecule has 1 aliphatic carbocycles. The van der Waals surface area contributed by atoms with E-state index in [0.717, 1.165) is 44.6 Å². The predicted octanol–water partition coefficient (Wildman–Crippen LogP) is 7.15. The SMILES string of the molecule is CCN1/C(=C2/SC(=Nc3ccc(Br)cc3)N(C3CCCCC3)C2=O)Sc2ccccc21. The number of para-hydroxylation sites is 1. The highest BCUT2D eigenvalue weighted by molar-refractivity contribution is 9.10. The van der Waals surface area contributed by atoms with E-state index in [1.165, 1.54) is 41.6 Å². The molecule has 1 saturated heterocycles. The van der Waals surface area contributed by atoms with Crippen LogP contribution in [0.25, 0.3) is 0 Å². The third kappa shape index (κ3) is 4.08. The maximum atomic E-state index is 13.8. The number of anilines is 1. The van der Waals surface area contributed by atoms with E-state index in [-0.39, 0.29) is 11.9 Å². The van der Waals surface area contributed by atoms with Crippen LogP contribution in [0.1, 0.15) is 39.0 Å². The number of amides is 1. The van der Waals surface area contributed by atoms with E-state index in [9.17, 15) is 4.79 Å². The fourth-order valence-electron chi connectivity index (χ4n) is 4.40. The summed E-state index contributed by atoms with van der Waals surface area (Å²) in [5.74, 6) is 0.113. The molecule has 7 heteroatoms. The van der Waals surface area contributed by atoms with Crippen LogP contribution in [0.2, 0.25) is 0 Å². The standard InChI is InChI=1S/C24H24BrN3OS2/c1-2-27-19-10-6-7-11-20(19)30-23(27)21-22(29)28(18-8-4-3-5-9-18)24(31-21)26-17-14-12-16(25)13-15-17/h6-7,10-15,18H,2-5,8-9H2,1H3/b23-21-,26-24?. The van der Waals surface area contributed by atoms with Gasteiger partial charge in [0.1, 0.15) is 9.93 Å². The topological polar surface area (TPSA) is 35.9 Å². The molecule has 2 heterocycles. The van der Waals surface area contributed by atoms with Crippen LogP contribution in [0.5, 0.6) is 0 Å². The number of rotatable bonds is 3. The van der Waals surface area contributed by atoms with Crippen molar-refractivity contribution in [2.24, 2.45) is 4.99 Å². The third-order valence-electron chi connectivity index (χ3n) is 5.92. The molecular formula is C24H24BrN3OS2. The van der Waals surface area contributed by atoms with E-state index in [1.54, 1.807) is 11.8 Å². The zero-order valence-electron chi connectivity index (χ0n) is 17.4. The van der Waals surface area contributed by atoms with Crippen molar-refractivity contribution in [1.29, 1.82) is 0 Å². The van der Waals surface area contributed by atoms with Crippen LogP contribution in [0.3, 0.4) is 0 Å². The first kappa shape index (κ1) is 21.2. The van der Waals surface area contributed by atoms with Crippen molar-refractivity contribution in [1.82, 2.24) is 4.90 Å².